The second-order valence-electron chi connectivity index (χ2n) is 6.54. The molecule has 4 heteroatoms. The standard InChI is InChI=1S/C17H23BrN2O/c18-15-8-7-14(19)10-16(15)20-17(21)13-6-5-11-3-1-2-4-12(11)9-13/h7-8,10-13H,1-6,9,19H2,(H,20,21). The number of hydrogen-bond donors (Lipinski definition) is 2. The summed E-state index contributed by atoms with van der Waals surface area (Å²) in [5.41, 5.74) is 7.25. The first-order valence-electron chi connectivity index (χ1n) is 7.99. The molecular weight excluding hydrogens is 328 g/mol. The number of nitrogens with two attached hydrogens (primary N) is 1. The number of rotatable bonds is 2. The molecule has 114 valence electrons. The minimum absolute atomic E-state index is 0.158. The van der Waals surface area contributed by atoms with Crippen LogP contribution in [0.1, 0.15) is 44.9 Å². The first-order chi connectivity index (χ1) is 10.1. The molecule has 3 N–H and O–H groups in total. The van der Waals surface area contributed by atoms with Crippen LogP contribution in [0.15, 0.2) is 22.7 Å². The molecule has 1 aromatic carbocycles. The van der Waals surface area contributed by atoms with Crippen molar-refractivity contribution < 1.29 is 4.79 Å². The molecule has 0 heterocycles. The number of carbonyl (C=O) groups is 1. The van der Waals surface area contributed by atoms with Gasteiger partial charge in [0.05, 0.1) is 5.69 Å². The van der Waals surface area contributed by atoms with Gasteiger partial charge in [-0.1, -0.05) is 25.7 Å². The molecule has 3 nitrogen and oxygen atoms in total. The Morgan fingerprint density at radius 2 is 1.90 bits per heavy atom. The van der Waals surface area contributed by atoms with Gasteiger partial charge in [0.1, 0.15) is 0 Å². The van der Waals surface area contributed by atoms with Crippen molar-refractivity contribution >= 4 is 33.2 Å². The first kappa shape index (κ1) is 14.9. The lowest BCUT2D eigenvalue weighted by atomic mass is 9.67. The maximum Gasteiger partial charge on any atom is 0.227 e. The van der Waals surface area contributed by atoms with Gasteiger partial charge in [0, 0.05) is 16.1 Å². The molecule has 0 bridgehead atoms. The zero-order valence-corrected chi connectivity index (χ0v) is 13.9. The van der Waals surface area contributed by atoms with Gasteiger partial charge in [0.2, 0.25) is 5.91 Å². The van der Waals surface area contributed by atoms with E-state index in [0.717, 1.165) is 34.8 Å². The fourth-order valence-corrected chi connectivity index (χ4v) is 4.33. The normalized spacial score (nSPS) is 28.7. The van der Waals surface area contributed by atoms with Gasteiger partial charge in [-0.2, -0.15) is 0 Å². The Kier molecular flexibility index (Phi) is 4.53. The molecule has 3 atom stereocenters. The van der Waals surface area contributed by atoms with E-state index in [2.05, 4.69) is 21.2 Å². The molecule has 2 aliphatic carbocycles. The van der Waals surface area contributed by atoms with Gasteiger partial charge in [-0.3, -0.25) is 4.79 Å². The van der Waals surface area contributed by atoms with Crippen LogP contribution in [0.25, 0.3) is 0 Å². The monoisotopic (exact) mass is 350 g/mol. The van der Waals surface area contributed by atoms with Gasteiger partial charge < -0.3 is 11.1 Å². The van der Waals surface area contributed by atoms with Gasteiger partial charge in [0.15, 0.2) is 0 Å². The van der Waals surface area contributed by atoms with Crippen LogP contribution in [-0.2, 0) is 4.79 Å². The summed E-state index contributed by atoms with van der Waals surface area (Å²) in [4.78, 5) is 12.5. The van der Waals surface area contributed by atoms with Crippen molar-refractivity contribution in [2.75, 3.05) is 11.1 Å². The summed E-state index contributed by atoms with van der Waals surface area (Å²) in [6.45, 7) is 0. The van der Waals surface area contributed by atoms with Crippen LogP contribution in [0.4, 0.5) is 11.4 Å². The highest BCUT2D eigenvalue weighted by molar-refractivity contribution is 9.10. The summed E-state index contributed by atoms with van der Waals surface area (Å²) in [7, 11) is 0. The minimum atomic E-state index is 0.158. The van der Waals surface area contributed by atoms with Crippen molar-refractivity contribution in [1.29, 1.82) is 0 Å². The van der Waals surface area contributed by atoms with Gasteiger partial charge in [0.25, 0.3) is 0 Å². The lowest BCUT2D eigenvalue weighted by Crippen LogP contribution is -2.33. The summed E-state index contributed by atoms with van der Waals surface area (Å²) >= 11 is 3.47. The number of hydrogen-bond acceptors (Lipinski definition) is 2. The molecule has 0 aliphatic heterocycles. The number of nitrogen functional groups attached to an aromatic ring is 1. The second-order valence-corrected chi connectivity index (χ2v) is 7.40. The molecule has 3 unspecified atom stereocenters. The molecule has 2 aliphatic rings. The number of carbonyl (C=O) groups excluding carboxylic acids is 1. The Morgan fingerprint density at radius 1 is 1.14 bits per heavy atom. The van der Waals surface area contributed by atoms with E-state index < -0.39 is 0 Å². The highest BCUT2D eigenvalue weighted by Crippen LogP contribution is 2.43. The summed E-state index contributed by atoms with van der Waals surface area (Å²) in [5, 5.41) is 3.05. The first-order valence-corrected chi connectivity index (χ1v) is 8.78. The Balaban J connectivity index is 1.64. The smallest absolute Gasteiger partial charge is 0.227 e. The molecule has 0 spiro atoms. The molecule has 0 aromatic heterocycles. The number of benzene rings is 1. The zero-order chi connectivity index (χ0) is 14.8. The predicted octanol–water partition coefficient (Wildman–Crippen LogP) is 4.58. The molecule has 1 amide bonds. The Hall–Kier alpha value is -1.03. The van der Waals surface area contributed by atoms with E-state index in [1.54, 1.807) is 0 Å². The zero-order valence-electron chi connectivity index (χ0n) is 12.3. The maximum absolute atomic E-state index is 12.5. The van der Waals surface area contributed by atoms with Gasteiger partial charge in [-0.25, -0.2) is 0 Å². The lowest BCUT2D eigenvalue weighted by molar-refractivity contribution is -0.122. The number of anilines is 2. The van der Waals surface area contributed by atoms with Crippen LogP contribution in [0.2, 0.25) is 0 Å². The Morgan fingerprint density at radius 3 is 2.71 bits per heavy atom. The van der Waals surface area contributed by atoms with E-state index >= 15 is 0 Å². The van der Waals surface area contributed by atoms with Crippen molar-refractivity contribution in [3.05, 3.63) is 22.7 Å². The SMILES string of the molecule is Nc1ccc(Br)c(NC(=O)C2CCC3CCCCC3C2)c1. The van der Waals surface area contributed by atoms with Crippen LogP contribution >= 0.6 is 15.9 Å². The Bertz CT molecular complexity index is 532. The van der Waals surface area contributed by atoms with Crippen molar-refractivity contribution in [2.24, 2.45) is 17.8 Å². The average molecular weight is 351 g/mol. The summed E-state index contributed by atoms with van der Waals surface area (Å²) < 4.78 is 0.886. The Labute approximate surface area is 134 Å². The van der Waals surface area contributed by atoms with Crippen molar-refractivity contribution in [3.63, 3.8) is 0 Å². The summed E-state index contributed by atoms with van der Waals surface area (Å²) in [6.07, 6.45) is 8.74. The molecule has 0 radical (unpaired) electrons. The van der Waals surface area contributed by atoms with E-state index in [9.17, 15) is 4.79 Å². The van der Waals surface area contributed by atoms with Crippen LogP contribution in [-0.4, -0.2) is 5.91 Å². The summed E-state index contributed by atoms with van der Waals surface area (Å²) in [6, 6.07) is 5.52. The molecule has 2 fully saturated rings. The predicted molar refractivity (Wildman–Crippen MR) is 90.0 cm³/mol. The van der Waals surface area contributed by atoms with Gasteiger partial charge in [-0.15, -0.1) is 0 Å². The van der Waals surface area contributed by atoms with E-state index in [-0.39, 0.29) is 11.8 Å². The maximum atomic E-state index is 12.5. The van der Waals surface area contributed by atoms with Gasteiger partial charge >= 0.3 is 0 Å². The molecule has 3 rings (SSSR count). The highest BCUT2D eigenvalue weighted by atomic mass is 79.9. The second kappa shape index (κ2) is 6.39. The van der Waals surface area contributed by atoms with E-state index in [1.165, 1.54) is 32.1 Å². The fraction of sp³-hybridized carbons (Fsp3) is 0.588. The van der Waals surface area contributed by atoms with E-state index in [0.29, 0.717) is 5.69 Å². The van der Waals surface area contributed by atoms with Crippen molar-refractivity contribution in [3.8, 4) is 0 Å². The van der Waals surface area contributed by atoms with Gasteiger partial charge in [-0.05, 0) is 65.2 Å². The lowest BCUT2D eigenvalue weighted by Gasteiger charge is -2.38. The van der Waals surface area contributed by atoms with Crippen LogP contribution in [0.3, 0.4) is 0 Å². The topological polar surface area (TPSA) is 55.1 Å². The molecule has 0 saturated heterocycles. The number of nitrogens with one attached hydrogen (secondary N) is 1. The van der Waals surface area contributed by atoms with E-state index in [1.807, 2.05) is 18.2 Å². The largest absolute Gasteiger partial charge is 0.399 e. The molecule has 2 saturated carbocycles. The van der Waals surface area contributed by atoms with Crippen molar-refractivity contribution in [1.82, 2.24) is 0 Å². The van der Waals surface area contributed by atoms with Crippen LogP contribution < -0.4 is 11.1 Å². The van der Waals surface area contributed by atoms with Crippen molar-refractivity contribution in [2.45, 2.75) is 44.9 Å². The highest BCUT2D eigenvalue weighted by Gasteiger charge is 2.35. The van der Waals surface area contributed by atoms with Crippen LogP contribution in [0, 0.1) is 17.8 Å². The number of amides is 1. The number of fused-ring (bicyclic) bond motifs is 1. The van der Waals surface area contributed by atoms with E-state index in [4.69, 9.17) is 5.73 Å². The van der Waals surface area contributed by atoms with Crippen LogP contribution in [0.5, 0.6) is 0 Å². The summed E-state index contributed by atoms with van der Waals surface area (Å²) in [5.74, 6) is 1.97. The minimum Gasteiger partial charge on any atom is -0.399 e. The average Bonchev–Trinajstić information content (AvgIpc) is 2.50. The molecule has 21 heavy (non-hydrogen) atoms. The quantitative estimate of drug-likeness (QED) is 0.767. The third-order valence-electron chi connectivity index (χ3n) is 5.16. The fourth-order valence-electron chi connectivity index (χ4n) is 3.98. The molecular formula is C17H23BrN2O. The molecule has 1 aromatic rings. The number of halogens is 1. The third kappa shape index (κ3) is 3.42. The third-order valence-corrected chi connectivity index (χ3v) is 5.85.